The van der Waals surface area contributed by atoms with Crippen molar-refractivity contribution < 1.29 is 38.9 Å². The number of rotatable bonds is 5. The third-order valence-electron chi connectivity index (χ3n) is 1.51. The Morgan fingerprint density at radius 2 is 2.00 bits per heavy atom. The molecule has 2 atom stereocenters. The van der Waals surface area contributed by atoms with Crippen LogP contribution in [0.5, 0.6) is 0 Å². The van der Waals surface area contributed by atoms with E-state index in [0.717, 1.165) is 0 Å². The van der Waals surface area contributed by atoms with E-state index in [2.05, 4.69) is 11.5 Å². The summed E-state index contributed by atoms with van der Waals surface area (Å²) < 4.78 is 0. The summed E-state index contributed by atoms with van der Waals surface area (Å²) in [4.78, 5) is 10.1. The number of quaternary nitrogens is 2. The van der Waals surface area contributed by atoms with Gasteiger partial charge in [-0.15, -0.1) is 0 Å². The molecule has 0 aromatic rings. The van der Waals surface area contributed by atoms with E-state index >= 15 is 0 Å². The molecule has 0 aliphatic carbocycles. The predicted octanol–water partition coefficient (Wildman–Crippen LogP) is -7.27. The number of aliphatic hydroxyl groups excluding tert-OH is 1. The quantitative estimate of drug-likeness (QED) is 0.408. The second-order valence-corrected chi connectivity index (χ2v) is 2.54. The van der Waals surface area contributed by atoms with Crippen LogP contribution in [-0.4, -0.2) is 29.8 Å². The van der Waals surface area contributed by atoms with Gasteiger partial charge in [0.15, 0.2) is 0 Å². The molecular formula is C6H15ClN2O3. The fourth-order valence-electron chi connectivity index (χ4n) is 0.656. The Morgan fingerprint density at radius 3 is 2.33 bits per heavy atom. The van der Waals surface area contributed by atoms with Gasteiger partial charge in [0.1, 0.15) is 18.7 Å². The summed E-state index contributed by atoms with van der Waals surface area (Å²) in [6.07, 6.45) is 0.253. The molecule has 0 aliphatic heterocycles. The lowest BCUT2D eigenvalue weighted by molar-refractivity contribution is -0.439. The van der Waals surface area contributed by atoms with Gasteiger partial charge in [-0.3, -0.25) is 0 Å². The number of hydrogen-bond acceptors (Lipinski definition) is 3. The molecule has 0 aliphatic rings. The van der Waals surface area contributed by atoms with Crippen LogP contribution in [-0.2, 0) is 4.79 Å². The first-order valence-corrected chi connectivity index (χ1v) is 3.59. The van der Waals surface area contributed by atoms with E-state index in [4.69, 9.17) is 5.11 Å². The monoisotopic (exact) mass is 198 g/mol. The molecule has 2 unspecified atom stereocenters. The largest absolute Gasteiger partial charge is 1.00 e. The summed E-state index contributed by atoms with van der Waals surface area (Å²) >= 11 is 0. The smallest absolute Gasteiger partial charge is 0.125 e. The molecule has 0 fully saturated rings. The van der Waals surface area contributed by atoms with Gasteiger partial charge in [-0.1, -0.05) is 0 Å². The molecule has 0 radical (unpaired) electrons. The maximum atomic E-state index is 10.1. The zero-order valence-electron chi connectivity index (χ0n) is 6.83. The maximum absolute atomic E-state index is 10.1. The Labute approximate surface area is 77.1 Å². The molecule has 74 valence electrons. The molecule has 0 saturated heterocycles. The molecule has 0 saturated carbocycles. The molecule has 0 heterocycles. The van der Waals surface area contributed by atoms with E-state index in [1.807, 2.05) is 0 Å². The summed E-state index contributed by atoms with van der Waals surface area (Å²) in [7, 11) is 0. The van der Waals surface area contributed by atoms with Crippen molar-refractivity contribution in [2.75, 3.05) is 6.54 Å². The van der Waals surface area contributed by atoms with Gasteiger partial charge in [0.25, 0.3) is 0 Å². The average Bonchev–Trinajstić information content (AvgIpc) is 1.99. The van der Waals surface area contributed by atoms with E-state index in [-0.39, 0.29) is 12.4 Å². The van der Waals surface area contributed by atoms with Crippen molar-refractivity contribution in [3.05, 3.63) is 0 Å². The molecular weight excluding hydrogens is 184 g/mol. The van der Waals surface area contributed by atoms with Crippen molar-refractivity contribution >= 4 is 5.97 Å². The van der Waals surface area contributed by atoms with Crippen LogP contribution < -0.4 is 29.0 Å². The van der Waals surface area contributed by atoms with E-state index in [1.165, 1.54) is 0 Å². The van der Waals surface area contributed by atoms with E-state index in [1.54, 1.807) is 0 Å². The van der Waals surface area contributed by atoms with Crippen LogP contribution >= 0.6 is 0 Å². The minimum atomic E-state index is -1.17. The van der Waals surface area contributed by atoms with E-state index in [0.29, 0.717) is 19.4 Å². The third kappa shape index (κ3) is 6.36. The summed E-state index contributed by atoms with van der Waals surface area (Å²) in [6.45, 7) is 0.403. The van der Waals surface area contributed by atoms with Crippen molar-refractivity contribution in [2.45, 2.75) is 25.0 Å². The second-order valence-electron chi connectivity index (χ2n) is 2.54. The van der Waals surface area contributed by atoms with Gasteiger partial charge in [0, 0.05) is 6.42 Å². The van der Waals surface area contributed by atoms with Crippen LogP contribution in [0.4, 0.5) is 0 Å². The summed E-state index contributed by atoms with van der Waals surface area (Å²) in [5.41, 5.74) is 6.83. The number of hydrogen-bond donors (Lipinski definition) is 3. The minimum Gasteiger partial charge on any atom is -1.00 e. The molecule has 0 spiro atoms. The minimum absolute atomic E-state index is 0. The van der Waals surface area contributed by atoms with Crippen LogP contribution in [0.15, 0.2) is 0 Å². The highest BCUT2D eigenvalue weighted by molar-refractivity contribution is 5.68. The molecule has 0 amide bonds. The number of carboxylic acids is 1. The molecule has 6 heteroatoms. The van der Waals surface area contributed by atoms with Crippen molar-refractivity contribution in [3.63, 3.8) is 0 Å². The molecule has 5 nitrogen and oxygen atoms in total. The summed E-state index contributed by atoms with van der Waals surface area (Å²) in [5, 5.41) is 19.1. The number of carboxylic acid groups (broad SMARTS) is 1. The van der Waals surface area contributed by atoms with Gasteiger partial charge in [-0.2, -0.15) is 0 Å². The first kappa shape index (κ1) is 14.2. The highest BCUT2D eigenvalue weighted by Crippen LogP contribution is 1.96. The number of aliphatic carboxylic acids is 1. The third-order valence-corrected chi connectivity index (χ3v) is 1.51. The first-order valence-electron chi connectivity index (χ1n) is 3.59. The van der Waals surface area contributed by atoms with Crippen LogP contribution in [0.25, 0.3) is 0 Å². The van der Waals surface area contributed by atoms with Gasteiger partial charge >= 0.3 is 0 Å². The first-order chi connectivity index (χ1) is 5.07. The lowest BCUT2D eigenvalue weighted by Gasteiger charge is -2.10. The molecule has 12 heavy (non-hydrogen) atoms. The number of carbonyl (C=O) groups is 1. The molecule has 0 aromatic heterocycles. The zero-order chi connectivity index (χ0) is 8.85. The van der Waals surface area contributed by atoms with Crippen molar-refractivity contribution in [1.29, 1.82) is 0 Å². The number of carbonyl (C=O) groups excluding carboxylic acids is 1. The Balaban J connectivity index is 0. The number of halogens is 1. The highest BCUT2D eigenvalue weighted by Gasteiger charge is 2.10. The summed E-state index contributed by atoms with van der Waals surface area (Å²) in [6, 6.07) is -0.726. The van der Waals surface area contributed by atoms with Gasteiger partial charge in [0.2, 0.25) is 0 Å². The SMILES string of the molecule is [Cl-].[NH3+]CC(O)CCC([NH3+])C(=O)[O-]. The van der Waals surface area contributed by atoms with Crippen molar-refractivity contribution in [2.24, 2.45) is 0 Å². The number of aliphatic hydroxyl groups is 1. The lowest BCUT2D eigenvalue weighted by atomic mass is 10.1. The van der Waals surface area contributed by atoms with Gasteiger partial charge in [-0.25, -0.2) is 0 Å². The van der Waals surface area contributed by atoms with Gasteiger partial charge < -0.3 is 38.9 Å². The van der Waals surface area contributed by atoms with Crippen molar-refractivity contribution in [1.82, 2.24) is 0 Å². The topological polar surface area (TPSA) is 116 Å². The Kier molecular flexibility index (Phi) is 8.62. The zero-order valence-corrected chi connectivity index (χ0v) is 7.59. The fourth-order valence-corrected chi connectivity index (χ4v) is 0.656. The Hall–Kier alpha value is -0.360. The fraction of sp³-hybridized carbons (Fsp3) is 0.833. The normalized spacial score (nSPS) is 14.6. The van der Waals surface area contributed by atoms with Crippen LogP contribution in [0.3, 0.4) is 0 Å². The molecule has 0 aromatic carbocycles. The van der Waals surface area contributed by atoms with E-state index < -0.39 is 18.1 Å². The Morgan fingerprint density at radius 1 is 1.50 bits per heavy atom. The maximum Gasteiger partial charge on any atom is 0.125 e. The van der Waals surface area contributed by atoms with Crippen LogP contribution in [0, 0.1) is 0 Å². The van der Waals surface area contributed by atoms with Gasteiger partial charge in [-0.05, 0) is 6.42 Å². The Bertz CT molecular complexity index is 134. The highest BCUT2D eigenvalue weighted by atomic mass is 35.5. The molecule has 0 bridgehead atoms. The summed E-state index contributed by atoms with van der Waals surface area (Å²) in [5.74, 6) is -1.17. The molecule has 7 N–H and O–H groups in total. The predicted molar refractivity (Wildman–Crippen MR) is 34.7 cm³/mol. The van der Waals surface area contributed by atoms with Crippen LogP contribution in [0.1, 0.15) is 12.8 Å². The van der Waals surface area contributed by atoms with Crippen molar-refractivity contribution in [3.8, 4) is 0 Å². The standard InChI is InChI=1S/C6H14N2O3.ClH/c7-3-4(9)1-2-5(8)6(10)11;/h4-5,9H,1-3,7-8H2,(H,10,11);1H. The average molecular weight is 199 g/mol. The molecule has 0 rings (SSSR count). The second kappa shape index (κ2) is 7.30. The van der Waals surface area contributed by atoms with E-state index in [9.17, 15) is 9.90 Å². The van der Waals surface area contributed by atoms with Gasteiger partial charge in [0.05, 0.1) is 5.97 Å². The van der Waals surface area contributed by atoms with Crippen LogP contribution in [0.2, 0.25) is 0 Å². The lowest BCUT2D eigenvalue weighted by Crippen LogP contribution is -3.00.